The summed E-state index contributed by atoms with van der Waals surface area (Å²) in [5, 5.41) is 2.79. The summed E-state index contributed by atoms with van der Waals surface area (Å²) in [7, 11) is -2.57. The summed E-state index contributed by atoms with van der Waals surface area (Å²) < 4.78 is 64.8. The van der Waals surface area contributed by atoms with Gasteiger partial charge in [-0.05, 0) is 31.5 Å². The Bertz CT molecular complexity index is 595. The average molecular weight is 308 g/mol. The molecule has 2 N–H and O–H groups in total. The van der Waals surface area contributed by atoms with Gasteiger partial charge in [0.25, 0.3) is 0 Å². The van der Waals surface area contributed by atoms with E-state index in [2.05, 4.69) is 5.32 Å². The number of rotatable bonds is 5. The van der Waals surface area contributed by atoms with Crippen LogP contribution in [0.3, 0.4) is 0 Å². The van der Waals surface area contributed by atoms with E-state index in [1.54, 1.807) is 19.2 Å². The molecule has 0 unspecified atom stereocenters. The van der Waals surface area contributed by atoms with Gasteiger partial charge in [0.15, 0.2) is 0 Å². The molecule has 1 aromatic rings. The number of sulfonamides is 1. The van der Waals surface area contributed by atoms with Crippen molar-refractivity contribution < 1.29 is 21.6 Å². The standard InChI is InChI=1S/C12H15F3N2O2S/c1-16-8-9-4-2-3-5-10(9)20(18,19)17-11(6-7-11)12(13,14)15/h2-5,16-17H,6-8H2,1H3. The van der Waals surface area contributed by atoms with Crippen molar-refractivity contribution in [2.24, 2.45) is 0 Å². The fourth-order valence-electron chi connectivity index (χ4n) is 1.98. The number of alkyl halides is 3. The van der Waals surface area contributed by atoms with Crippen LogP contribution in [0.2, 0.25) is 0 Å². The van der Waals surface area contributed by atoms with Gasteiger partial charge in [-0.2, -0.15) is 17.9 Å². The van der Waals surface area contributed by atoms with Crippen LogP contribution >= 0.6 is 0 Å². The Morgan fingerprint density at radius 1 is 1.25 bits per heavy atom. The fraction of sp³-hybridized carbons (Fsp3) is 0.500. The molecule has 1 aromatic carbocycles. The second-order valence-corrected chi connectivity index (χ2v) is 6.47. The van der Waals surface area contributed by atoms with E-state index in [1.807, 2.05) is 4.72 Å². The van der Waals surface area contributed by atoms with Crippen molar-refractivity contribution in [1.82, 2.24) is 10.0 Å². The van der Waals surface area contributed by atoms with E-state index in [1.165, 1.54) is 12.1 Å². The number of nitrogens with one attached hydrogen (secondary N) is 2. The first kappa shape index (κ1) is 15.3. The molecule has 1 fully saturated rings. The smallest absolute Gasteiger partial charge is 0.316 e. The predicted molar refractivity (Wildman–Crippen MR) is 67.5 cm³/mol. The van der Waals surface area contributed by atoms with Crippen LogP contribution in [-0.4, -0.2) is 27.2 Å². The van der Waals surface area contributed by atoms with E-state index in [0.717, 1.165) is 0 Å². The van der Waals surface area contributed by atoms with Crippen molar-refractivity contribution in [3.63, 3.8) is 0 Å². The van der Waals surface area contributed by atoms with Crippen molar-refractivity contribution >= 4 is 10.0 Å². The molecular formula is C12H15F3N2O2S. The van der Waals surface area contributed by atoms with Gasteiger partial charge in [-0.1, -0.05) is 18.2 Å². The second-order valence-electron chi connectivity index (χ2n) is 4.82. The number of halogens is 3. The average Bonchev–Trinajstić information content (AvgIpc) is 3.09. The minimum Gasteiger partial charge on any atom is -0.316 e. The number of benzene rings is 1. The molecule has 0 saturated heterocycles. The lowest BCUT2D eigenvalue weighted by molar-refractivity contribution is -0.160. The molecule has 0 aromatic heterocycles. The molecule has 0 aliphatic heterocycles. The predicted octanol–water partition coefficient (Wildman–Crippen LogP) is 1.78. The van der Waals surface area contributed by atoms with E-state index in [-0.39, 0.29) is 24.3 Å². The summed E-state index contributed by atoms with van der Waals surface area (Å²) in [5.74, 6) is 0. The van der Waals surface area contributed by atoms with Gasteiger partial charge in [0.2, 0.25) is 10.0 Å². The third kappa shape index (κ3) is 2.82. The van der Waals surface area contributed by atoms with Crippen molar-refractivity contribution in [2.45, 2.75) is 36.0 Å². The van der Waals surface area contributed by atoms with E-state index in [4.69, 9.17) is 0 Å². The van der Waals surface area contributed by atoms with Crippen LogP contribution < -0.4 is 10.0 Å². The molecule has 2 rings (SSSR count). The SMILES string of the molecule is CNCc1ccccc1S(=O)(=O)NC1(C(F)(F)F)CC1. The summed E-state index contributed by atoms with van der Waals surface area (Å²) in [4.78, 5) is -0.120. The van der Waals surface area contributed by atoms with Gasteiger partial charge in [-0.3, -0.25) is 0 Å². The maximum Gasteiger partial charge on any atom is 0.407 e. The van der Waals surface area contributed by atoms with Crippen LogP contribution in [0.1, 0.15) is 18.4 Å². The molecular weight excluding hydrogens is 293 g/mol. The molecule has 0 bridgehead atoms. The first-order valence-electron chi connectivity index (χ1n) is 6.05. The molecule has 0 atom stereocenters. The van der Waals surface area contributed by atoms with E-state index in [9.17, 15) is 21.6 Å². The summed E-state index contributed by atoms with van der Waals surface area (Å²) in [6.45, 7) is 0.260. The van der Waals surface area contributed by atoms with Gasteiger partial charge in [-0.15, -0.1) is 0 Å². The lowest BCUT2D eigenvalue weighted by Crippen LogP contribution is -2.47. The largest absolute Gasteiger partial charge is 0.407 e. The number of hydrogen-bond acceptors (Lipinski definition) is 3. The Balaban J connectivity index is 2.33. The van der Waals surface area contributed by atoms with Crippen LogP contribution in [0.4, 0.5) is 13.2 Å². The summed E-state index contributed by atoms with van der Waals surface area (Å²) in [6.07, 6.45) is -5.01. The second kappa shape index (κ2) is 5.01. The zero-order chi connectivity index (χ0) is 15.0. The van der Waals surface area contributed by atoms with E-state index in [0.29, 0.717) is 5.56 Å². The van der Waals surface area contributed by atoms with E-state index >= 15 is 0 Å². The molecule has 0 spiro atoms. The van der Waals surface area contributed by atoms with E-state index < -0.39 is 21.7 Å². The maximum absolute atomic E-state index is 12.9. The van der Waals surface area contributed by atoms with Gasteiger partial charge in [0.1, 0.15) is 5.54 Å². The van der Waals surface area contributed by atoms with Gasteiger partial charge in [-0.25, -0.2) is 8.42 Å². The lowest BCUT2D eigenvalue weighted by Gasteiger charge is -2.21. The molecule has 1 aliphatic carbocycles. The van der Waals surface area contributed by atoms with Crippen LogP contribution in [-0.2, 0) is 16.6 Å². The molecule has 8 heteroatoms. The van der Waals surface area contributed by atoms with Crippen LogP contribution in [0.15, 0.2) is 29.2 Å². The molecule has 112 valence electrons. The monoisotopic (exact) mass is 308 g/mol. The first-order valence-corrected chi connectivity index (χ1v) is 7.53. The highest BCUT2D eigenvalue weighted by Crippen LogP contribution is 2.49. The number of hydrogen-bond donors (Lipinski definition) is 2. The van der Waals surface area contributed by atoms with Crippen LogP contribution in [0.25, 0.3) is 0 Å². The van der Waals surface area contributed by atoms with Gasteiger partial charge >= 0.3 is 6.18 Å². The highest BCUT2D eigenvalue weighted by molar-refractivity contribution is 7.89. The highest BCUT2D eigenvalue weighted by atomic mass is 32.2. The topological polar surface area (TPSA) is 58.2 Å². The molecule has 1 saturated carbocycles. The molecule has 0 radical (unpaired) electrons. The maximum atomic E-state index is 12.9. The Morgan fingerprint density at radius 2 is 1.85 bits per heavy atom. The van der Waals surface area contributed by atoms with Gasteiger partial charge in [0.05, 0.1) is 4.90 Å². The summed E-state index contributed by atoms with van der Waals surface area (Å²) in [5.41, 5.74) is -1.86. The normalized spacial score (nSPS) is 18.0. The molecule has 0 heterocycles. The van der Waals surface area contributed by atoms with Gasteiger partial charge < -0.3 is 5.32 Å². The minimum absolute atomic E-state index is 0.120. The quantitative estimate of drug-likeness (QED) is 0.872. The minimum atomic E-state index is -4.57. The third-order valence-electron chi connectivity index (χ3n) is 3.25. The van der Waals surface area contributed by atoms with Crippen molar-refractivity contribution in [3.8, 4) is 0 Å². The van der Waals surface area contributed by atoms with Crippen LogP contribution in [0, 0.1) is 0 Å². The Labute approximate surface area is 115 Å². The zero-order valence-electron chi connectivity index (χ0n) is 10.8. The van der Waals surface area contributed by atoms with Gasteiger partial charge in [0, 0.05) is 6.54 Å². The van der Waals surface area contributed by atoms with Crippen LogP contribution in [0.5, 0.6) is 0 Å². The Kier molecular flexibility index (Phi) is 3.83. The third-order valence-corrected chi connectivity index (χ3v) is 4.89. The lowest BCUT2D eigenvalue weighted by atomic mass is 10.2. The fourth-order valence-corrected chi connectivity index (χ4v) is 3.67. The van der Waals surface area contributed by atoms with Crippen molar-refractivity contribution in [3.05, 3.63) is 29.8 Å². The molecule has 1 aliphatic rings. The molecule has 20 heavy (non-hydrogen) atoms. The summed E-state index contributed by atoms with van der Waals surface area (Å²) in [6, 6.07) is 6.00. The first-order chi connectivity index (χ1) is 9.22. The Morgan fingerprint density at radius 3 is 2.35 bits per heavy atom. The molecule has 4 nitrogen and oxygen atoms in total. The summed E-state index contributed by atoms with van der Waals surface area (Å²) >= 11 is 0. The Hall–Kier alpha value is -1.12. The molecule has 0 amide bonds. The van der Waals surface area contributed by atoms with Crippen molar-refractivity contribution in [1.29, 1.82) is 0 Å². The van der Waals surface area contributed by atoms with Crippen molar-refractivity contribution in [2.75, 3.05) is 7.05 Å². The zero-order valence-corrected chi connectivity index (χ0v) is 11.6. The highest BCUT2D eigenvalue weighted by Gasteiger charge is 2.65.